The summed E-state index contributed by atoms with van der Waals surface area (Å²) in [7, 11) is 0. The van der Waals surface area contributed by atoms with Crippen LogP contribution in [0.5, 0.6) is 0 Å². The van der Waals surface area contributed by atoms with Gasteiger partial charge in [-0.1, -0.05) is 58.4 Å². The molecule has 0 saturated carbocycles. The third-order valence-electron chi connectivity index (χ3n) is 5.27. The summed E-state index contributed by atoms with van der Waals surface area (Å²) in [4.78, 5) is 27.8. The smallest absolute Gasteiger partial charge is 0.240 e. The number of rotatable bonds is 6. The van der Waals surface area contributed by atoms with Crippen molar-refractivity contribution in [1.82, 2.24) is 4.90 Å². The minimum atomic E-state index is -0.869. The topological polar surface area (TPSA) is 61.2 Å². The first-order chi connectivity index (χ1) is 13.6. The first-order valence-corrected chi connectivity index (χ1v) is 10.4. The van der Waals surface area contributed by atoms with Crippen LogP contribution in [-0.4, -0.2) is 29.7 Å². The normalized spacial score (nSPS) is 16.1. The van der Waals surface area contributed by atoms with Gasteiger partial charge < -0.3 is 4.90 Å². The molecular weight excluding hydrogens is 416 g/mol. The van der Waals surface area contributed by atoms with Gasteiger partial charge in [-0.3, -0.25) is 9.59 Å². The van der Waals surface area contributed by atoms with E-state index < -0.39 is 11.8 Å². The number of benzene rings is 2. The highest BCUT2D eigenvalue weighted by molar-refractivity contribution is 9.10. The van der Waals surface area contributed by atoms with Crippen LogP contribution in [0, 0.1) is 17.2 Å². The summed E-state index contributed by atoms with van der Waals surface area (Å²) in [5.41, 5.74) is 1.44. The van der Waals surface area contributed by atoms with E-state index in [2.05, 4.69) is 22.0 Å². The molecule has 2 atom stereocenters. The number of nitrogens with zero attached hydrogens (tertiary/aromatic N) is 2. The Kier molecular flexibility index (Phi) is 7.00. The zero-order chi connectivity index (χ0) is 19.9. The minimum Gasteiger partial charge on any atom is -0.342 e. The Morgan fingerprint density at radius 1 is 1.00 bits per heavy atom. The zero-order valence-corrected chi connectivity index (χ0v) is 17.3. The van der Waals surface area contributed by atoms with Gasteiger partial charge in [0.1, 0.15) is 5.92 Å². The molecule has 1 amide bonds. The molecule has 3 rings (SSSR count). The minimum absolute atomic E-state index is 0.0554. The monoisotopic (exact) mass is 438 g/mol. The second kappa shape index (κ2) is 9.66. The molecule has 1 saturated heterocycles. The molecule has 2 aromatic rings. The van der Waals surface area contributed by atoms with Crippen molar-refractivity contribution in [3.63, 3.8) is 0 Å². The molecule has 144 valence electrons. The van der Waals surface area contributed by atoms with Gasteiger partial charge in [0.2, 0.25) is 5.91 Å². The van der Waals surface area contributed by atoms with Crippen LogP contribution in [0.15, 0.2) is 59.1 Å². The Bertz CT molecular complexity index is 852. The Labute approximate surface area is 174 Å². The molecule has 4 nitrogen and oxygen atoms in total. The van der Waals surface area contributed by atoms with E-state index >= 15 is 0 Å². The summed E-state index contributed by atoms with van der Waals surface area (Å²) in [6.45, 7) is 1.38. The molecule has 1 aliphatic rings. The molecule has 0 spiro atoms. The van der Waals surface area contributed by atoms with E-state index in [0.29, 0.717) is 18.7 Å². The molecule has 28 heavy (non-hydrogen) atoms. The number of nitriles is 1. The third-order valence-corrected chi connectivity index (χ3v) is 5.80. The second-order valence-corrected chi connectivity index (χ2v) is 8.06. The van der Waals surface area contributed by atoms with Crippen molar-refractivity contribution < 1.29 is 9.59 Å². The molecule has 1 heterocycles. The number of ketones is 1. The van der Waals surface area contributed by atoms with Crippen molar-refractivity contribution in [2.45, 2.75) is 31.6 Å². The van der Waals surface area contributed by atoms with E-state index in [1.54, 1.807) is 17.0 Å². The number of piperidine rings is 1. The van der Waals surface area contributed by atoms with Crippen LogP contribution in [0.3, 0.4) is 0 Å². The largest absolute Gasteiger partial charge is 0.342 e. The van der Waals surface area contributed by atoms with Crippen molar-refractivity contribution in [1.29, 1.82) is 5.26 Å². The highest BCUT2D eigenvalue weighted by Gasteiger charge is 2.35. The quantitative estimate of drug-likeness (QED) is 0.598. The molecular formula is C23H23BrN2O2. The van der Waals surface area contributed by atoms with Crippen molar-refractivity contribution in [2.24, 2.45) is 5.92 Å². The van der Waals surface area contributed by atoms with Crippen LogP contribution in [0.25, 0.3) is 0 Å². The van der Waals surface area contributed by atoms with Gasteiger partial charge in [0, 0.05) is 35.5 Å². The van der Waals surface area contributed by atoms with Gasteiger partial charge in [0.05, 0.1) is 6.07 Å². The van der Waals surface area contributed by atoms with Gasteiger partial charge in [-0.05, 0) is 37.0 Å². The van der Waals surface area contributed by atoms with Gasteiger partial charge in [-0.25, -0.2) is 0 Å². The number of carbonyl (C=O) groups excluding carboxylic acids is 2. The van der Waals surface area contributed by atoms with Gasteiger partial charge >= 0.3 is 0 Å². The fourth-order valence-electron chi connectivity index (χ4n) is 3.71. The maximum absolute atomic E-state index is 13.1. The molecule has 1 fully saturated rings. The van der Waals surface area contributed by atoms with Crippen molar-refractivity contribution in [3.8, 4) is 6.07 Å². The van der Waals surface area contributed by atoms with Gasteiger partial charge in [0.25, 0.3) is 0 Å². The number of Topliss-reactive ketones (excluding diaryl/α,β-unsaturated/α-hetero) is 1. The number of halogens is 1. The lowest BCUT2D eigenvalue weighted by molar-refractivity contribution is -0.135. The maximum Gasteiger partial charge on any atom is 0.240 e. The third kappa shape index (κ3) is 4.88. The van der Waals surface area contributed by atoms with E-state index in [4.69, 9.17) is 0 Å². The predicted molar refractivity (Wildman–Crippen MR) is 112 cm³/mol. The molecule has 0 N–H and O–H groups in total. The maximum atomic E-state index is 13.1. The van der Waals surface area contributed by atoms with E-state index in [0.717, 1.165) is 29.3 Å². The van der Waals surface area contributed by atoms with Gasteiger partial charge in [-0.15, -0.1) is 0 Å². The number of hydrogen-bond acceptors (Lipinski definition) is 3. The molecule has 1 aliphatic heterocycles. The SMILES string of the molecule is N#C[C@@H](C(=O)N1CCCCC1)[C@H](CC(=O)c1ccccc1)c1ccc(Br)cc1. The Hall–Kier alpha value is -2.45. The standard InChI is InChI=1S/C23H23BrN2O2/c24-19-11-9-17(10-12-19)20(15-22(27)18-7-3-1-4-8-18)21(16-25)23(28)26-13-5-2-6-14-26/h1,3-4,7-12,20-21H,2,5-6,13-15H2/t20-,21-/m1/s1. The molecule has 0 bridgehead atoms. The summed E-state index contributed by atoms with van der Waals surface area (Å²) in [5, 5.41) is 9.88. The molecule has 2 aromatic carbocycles. The fourth-order valence-corrected chi connectivity index (χ4v) is 3.97. The summed E-state index contributed by atoms with van der Waals surface area (Å²) < 4.78 is 0.917. The molecule has 5 heteroatoms. The Balaban J connectivity index is 1.90. The molecule has 0 aliphatic carbocycles. The highest BCUT2D eigenvalue weighted by atomic mass is 79.9. The van der Waals surface area contributed by atoms with Crippen molar-refractivity contribution >= 4 is 27.6 Å². The Morgan fingerprint density at radius 2 is 1.64 bits per heavy atom. The van der Waals surface area contributed by atoms with Crippen LogP contribution in [-0.2, 0) is 4.79 Å². The fraction of sp³-hybridized carbons (Fsp3) is 0.348. The van der Waals surface area contributed by atoms with E-state index in [1.807, 2.05) is 42.5 Å². The lowest BCUT2D eigenvalue weighted by Gasteiger charge is -2.31. The summed E-state index contributed by atoms with van der Waals surface area (Å²) in [6.07, 6.45) is 3.18. The number of hydrogen-bond donors (Lipinski definition) is 0. The highest BCUT2D eigenvalue weighted by Crippen LogP contribution is 2.32. The van der Waals surface area contributed by atoms with Crippen molar-refractivity contribution in [3.05, 3.63) is 70.2 Å². The van der Waals surface area contributed by atoms with Crippen LogP contribution in [0.1, 0.15) is 47.5 Å². The number of likely N-dealkylation sites (tertiary alicyclic amines) is 1. The van der Waals surface area contributed by atoms with E-state index in [1.165, 1.54) is 0 Å². The zero-order valence-electron chi connectivity index (χ0n) is 15.7. The van der Waals surface area contributed by atoms with Crippen LogP contribution < -0.4 is 0 Å². The van der Waals surface area contributed by atoms with Crippen LogP contribution in [0.4, 0.5) is 0 Å². The second-order valence-electron chi connectivity index (χ2n) is 7.14. The molecule has 0 unspecified atom stereocenters. The average Bonchev–Trinajstić information content (AvgIpc) is 2.75. The predicted octanol–water partition coefficient (Wildman–Crippen LogP) is 4.96. The van der Waals surface area contributed by atoms with Crippen molar-refractivity contribution in [2.75, 3.05) is 13.1 Å². The van der Waals surface area contributed by atoms with Gasteiger partial charge in [0.15, 0.2) is 5.78 Å². The summed E-state index contributed by atoms with van der Waals surface area (Å²) in [6, 6.07) is 18.8. The molecule has 0 aromatic heterocycles. The lowest BCUT2D eigenvalue weighted by Crippen LogP contribution is -2.41. The van der Waals surface area contributed by atoms with E-state index in [9.17, 15) is 14.9 Å². The first-order valence-electron chi connectivity index (χ1n) is 9.62. The van der Waals surface area contributed by atoms with Crippen LogP contribution in [0.2, 0.25) is 0 Å². The Morgan fingerprint density at radius 3 is 2.25 bits per heavy atom. The van der Waals surface area contributed by atoms with E-state index in [-0.39, 0.29) is 18.1 Å². The average molecular weight is 439 g/mol. The first kappa shape index (κ1) is 20.3. The number of amides is 1. The molecule has 0 radical (unpaired) electrons. The lowest BCUT2D eigenvalue weighted by atomic mass is 9.81. The number of carbonyl (C=O) groups is 2. The van der Waals surface area contributed by atoms with Gasteiger partial charge in [-0.2, -0.15) is 5.26 Å². The summed E-state index contributed by atoms with van der Waals surface area (Å²) >= 11 is 3.42. The van der Waals surface area contributed by atoms with Crippen LogP contribution >= 0.6 is 15.9 Å². The summed E-state index contributed by atoms with van der Waals surface area (Å²) in [5.74, 6) is -1.55.